The van der Waals surface area contributed by atoms with Gasteiger partial charge in [-0.2, -0.15) is 0 Å². The van der Waals surface area contributed by atoms with E-state index in [1.54, 1.807) is 0 Å². The molecule has 2 heterocycles. The largest absolute Gasteiger partial charge is 0.352 e. The summed E-state index contributed by atoms with van der Waals surface area (Å²) in [6, 6.07) is 3.21. The van der Waals surface area contributed by atoms with Crippen LogP contribution < -0.4 is 11.1 Å². The summed E-state index contributed by atoms with van der Waals surface area (Å²) in [6.07, 6.45) is 1.97. The van der Waals surface area contributed by atoms with Gasteiger partial charge in [-0.15, -0.1) is 11.3 Å². The monoisotopic (exact) mass is 345 g/mol. The molecule has 0 aliphatic carbocycles. The first-order valence-electron chi connectivity index (χ1n) is 6.14. The number of primary amides is 1. The van der Waals surface area contributed by atoms with Crippen LogP contribution in [0, 0.1) is 5.92 Å². The van der Waals surface area contributed by atoms with Crippen molar-refractivity contribution in [1.29, 1.82) is 0 Å². The van der Waals surface area contributed by atoms with Crippen molar-refractivity contribution < 1.29 is 9.59 Å². The minimum Gasteiger partial charge on any atom is -0.352 e. The van der Waals surface area contributed by atoms with Crippen LogP contribution in [0.1, 0.15) is 22.5 Å². The van der Waals surface area contributed by atoms with Crippen molar-refractivity contribution in [2.45, 2.75) is 12.8 Å². The maximum absolute atomic E-state index is 12.3. The fraction of sp³-hybridized carbons (Fsp3) is 0.500. The minimum atomic E-state index is -0.509. The lowest BCUT2D eigenvalue weighted by molar-refractivity contribution is 0.0680. The van der Waals surface area contributed by atoms with Crippen LogP contribution in [-0.4, -0.2) is 36.5 Å². The first kappa shape index (κ1) is 14.3. The maximum Gasteiger partial charge on any atom is 0.312 e. The van der Waals surface area contributed by atoms with Crippen molar-refractivity contribution in [2.75, 3.05) is 19.6 Å². The zero-order valence-electron chi connectivity index (χ0n) is 10.4. The molecular weight excluding hydrogens is 330 g/mol. The molecule has 19 heavy (non-hydrogen) atoms. The molecule has 3 amide bonds. The second-order valence-electron chi connectivity index (χ2n) is 4.61. The van der Waals surface area contributed by atoms with Gasteiger partial charge in [0.25, 0.3) is 5.91 Å². The molecule has 1 unspecified atom stereocenters. The van der Waals surface area contributed by atoms with Crippen molar-refractivity contribution in [1.82, 2.24) is 10.2 Å². The second kappa shape index (κ2) is 6.38. The number of piperidine rings is 1. The van der Waals surface area contributed by atoms with Gasteiger partial charge in [0, 0.05) is 19.6 Å². The quantitative estimate of drug-likeness (QED) is 0.879. The Hall–Kier alpha value is -1.08. The van der Waals surface area contributed by atoms with E-state index in [-0.39, 0.29) is 11.8 Å². The van der Waals surface area contributed by atoms with Gasteiger partial charge in [0.1, 0.15) is 0 Å². The highest BCUT2D eigenvalue weighted by Crippen LogP contribution is 2.25. The van der Waals surface area contributed by atoms with E-state index in [4.69, 9.17) is 5.73 Å². The fourth-order valence-electron chi connectivity index (χ4n) is 2.25. The average molecular weight is 346 g/mol. The molecule has 0 spiro atoms. The zero-order valence-corrected chi connectivity index (χ0v) is 12.8. The summed E-state index contributed by atoms with van der Waals surface area (Å²) in [5.41, 5.74) is 5.06. The topological polar surface area (TPSA) is 75.4 Å². The average Bonchev–Trinajstić information content (AvgIpc) is 2.82. The first-order valence-corrected chi connectivity index (χ1v) is 7.75. The van der Waals surface area contributed by atoms with Crippen molar-refractivity contribution in [3.63, 3.8) is 0 Å². The zero-order chi connectivity index (χ0) is 13.8. The van der Waals surface area contributed by atoms with Crippen LogP contribution in [0.15, 0.2) is 15.9 Å². The molecule has 1 aromatic heterocycles. The fourth-order valence-corrected chi connectivity index (χ4v) is 3.60. The molecule has 0 radical (unpaired) electrons. The Morgan fingerprint density at radius 2 is 2.32 bits per heavy atom. The third kappa shape index (κ3) is 3.94. The number of likely N-dealkylation sites (tertiary alicyclic amines) is 1. The van der Waals surface area contributed by atoms with E-state index in [1.165, 1.54) is 11.3 Å². The number of thiophene rings is 1. The van der Waals surface area contributed by atoms with Crippen molar-refractivity contribution >= 4 is 39.2 Å². The van der Waals surface area contributed by atoms with Crippen LogP contribution in [0.2, 0.25) is 0 Å². The lowest BCUT2D eigenvalue weighted by Crippen LogP contribution is -2.44. The normalized spacial score (nSPS) is 19.2. The van der Waals surface area contributed by atoms with Gasteiger partial charge in [-0.05, 0) is 46.8 Å². The number of rotatable bonds is 3. The Balaban J connectivity index is 1.93. The summed E-state index contributed by atoms with van der Waals surface area (Å²) in [7, 11) is 0. The van der Waals surface area contributed by atoms with Gasteiger partial charge in [-0.25, -0.2) is 4.79 Å². The molecule has 0 aromatic carbocycles. The smallest absolute Gasteiger partial charge is 0.312 e. The Kier molecular flexibility index (Phi) is 4.81. The highest BCUT2D eigenvalue weighted by atomic mass is 79.9. The van der Waals surface area contributed by atoms with E-state index in [9.17, 15) is 9.59 Å². The van der Waals surface area contributed by atoms with Crippen LogP contribution in [-0.2, 0) is 0 Å². The molecular formula is C12H16BrN3O2S. The molecule has 0 bridgehead atoms. The maximum atomic E-state index is 12.3. The van der Waals surface area contributed by atoms with Crippen molar-refractivity contribution in [3.8, 4) is 0 Å². The SMILES string of the molecule is NC(=O)NCC1CCCN(C(=O)c2ccc(Br)s2)C1. The molecule has 1 aromatic rings. The Morgan fingerprint density at radius 3 is 2.95 bits per heavy atom. The molecule has 1 atom stereocenters. The summed E-state index contributed by atoms with van der Waals surface area (Å²) in [5, 5.41) is 2.61. The van der Waals surface area contributed by atoms with E-state index in [0.717, 1.165) is 28.0 Å². The van der Waals surface area contributed by atoms with Crippen LogP contribution in [0.4, 0.5) is 4.79 Å². The van der Waals surface area contributed by atoms with Crippen LogP contribution >= 0.6 is 27.3 Å². The molecule has 3 N–H and O–H groups in total. The van der Waals surface area contributed by atoms with Crippen LogP contribution in [0.5, 0.6) is 0 Å². The van der Waals surface area contributed by atoms with Crippen LogP contribution in [0.3, 0.4) is 0 Å². The predicted molar refractivity (Wildman–Crippen MR) is 78.2 cm³/mol. The molecule has 1 fully saturated rings. The minimum absolute atomic E-state index is 0.0690. The van der Waals surface area contributed by atoms with Gasteiger partial charge in [-0.3, -0.25) is 4.79 Å². The Labute approximate surface area is 124 Å². The number of hydrogen-bond acceptors (Lipinski definition) is 3. The number of carbonyl (C=O) groups excluding carboxylic acids is 2. The molecule has 104 valence electrons. The van der Waals surface area contributed by atoms with Gasteiger partial charge < -0.3 is 16.0 Å². The number of nitrogens with one attached hydrogen (secondary N) is 1. The van der Waals surface area contributed by atoms with E-state index in [0.29, 0.717) is 13.1 Å². The lowest BCUT2D eigenvalue weighted by atomic mass is 9.98. The number of carbonyl (C=O) groups is 2. The van der Waals surface area contributed by atoms with E-state index < -0.39 is 6.03 Å². The highest BCUT2D eigenvalue weighted by Gasteiger charge is 2.25. The summed E-state index contributed by atoms with van der Waals surface area (Å²) in [6.45, 7) is 1.99. The third-order valence-corrected chi connectivity index (χ3v) is 4.77. The van der Waals surface area contributed by atoms with E-state index in [2.05, 4.69) is 21.2 Å². The Bertz CT molecular complexity index is 477. The standard InChI is InChI=1S/C12H16BrN3O2S/c13-10-4-3-9(19-10)11(17)16-5-1-2-8(7-16)6-15-12(14)18/h3-4,8H,1-2,5-7H2,(H3,14,15,18). The number of urea groups is 1. The predicted octanol–water partition coefficient (Wildman–Crippen LogP) is 2.03. The van der Waals surface area contributed by atoms with Gasteiger partial charge in [0.05, 0.1) is 8.66 Å². The van der Waals surface area contributed by atoms with Gasteiger partial charge in [-0.1, -0.05) is 0 Å². The lowest BCUT2D eigenvalue weighted by Gasteiger charge is -2.32. The molecule has 7 heteroatoms. The Morgan fingerprint density at radius 1 is 1.53 bits per heavy atom. The number of amides is 3. The summed E-state index contributed by atoms with van der Waals surface area (Å²) in [5.74, 6) is 0.355. The number of hydrogen-bond donors (Lipinski definition) is 2. The van der Waals surface area contributed by atoms with E-state index in [1.807, 2.05) is 17.0 Å². The summed E-state index contributed by atoms with van der Waals surface area (Å²) < 4.78 is 0.958. The van der Waals surface area contributed by atoms with Gasteiger partial charge in [0.15, 0.2) is 0 Å². The third-order valence-electron chi connectivity index (χ3n) is 3.16. The molecule has 1 saturated heterocycles. The second-order valence-corrected chi connectivity index (χ2v) is 7.07. The number of nitrogens with two attached hydrogens (primary N) is 1. The summed E-state index contributed by atoms with van der Waals surface area (Å²) in [4.78, 5) is 25.6. The molecule has 2 rings (SSSR count). The highest BCUT2D eigenvalue weighted by molar-refractivity contribution is 9.11. The number of nitrogens with zero attached hydrogens (tertiary/aromatic N) is 1. The van der Waals surface area contributed by atoms with Crippen molar-refractivity contribution in [2.24, 2.45) is 11.7 Å². The van der Waals surface area contributed by atoms with Crippen molar-refractivity contribution in [3.05, 3.63) is 20.8 Å². The summed E-state index contributed by atoms with van der Waals surface area (Å²) >= 11 is 4.81. The molecule has 5 nitrogen and oxygen atoms in total. The first-order chi connectivity index (χ1) is 9.06. The molecule has 1 aliphatic heterocycles. The van der Waals surface area contributed by atoms with Gasteiger partial charge in [0.2, 0.25) is 0 Å². The van der Waals surface area contributed by atoms with E-state index >= 15 is 0 Å². The van der Waals surface area contributed by atoms with Gasteiger partial charge >= 0.3 is 6.03 Å². The molecule has 0 saturated carbocycles. The molecule has 1 aliphatic rings. The van der Waals surface area contributed by atoms with Crippen LogP contribution in [0.25, 0.3) is 0 Å². The number of halogens is 1.